The quantitative estimate of drug-likeness (QED) is 0.789. The molecule has 2 saturated carbocycles. The highest BCUT2D eigenvalue weighted by Gasteiger charge is 2.39. The predicted molar refractivity (Wildman–Crippen MR) is 76.6 cm³/mol. The van der Waals surface area contributed by atoms with Crippen LogP contribution in [-0.4, -0.2) is 23.3 Å². The van der Waals surface area contributed by atoms with Crippen molar-refractivity contribution in [3.05, 3.63) is 0 Å². The number of nitrogens with one attached hydrogen (secondary N) is 1. The molecule has 2 heteroatoms. The second-order valence-corrected chi connectivity index (χ2v) is 8.29. The summed E-state index contributed by atoms with van der Waals surface area (Å²) in [6.45, 7) is 9.60. The maximum absolute atomic E-state index is 9.77. The molecule has 0 aromatic rings. The van der Waals surface area contributed by atoms with Crippen molar-refractivity contribution >= 4 is 0 Å². The van der Waals surface area contributed by atoms with Gasteiger partial charge in [0.2, 0.25) is 0 Å². The molecule has 2 nitrogen and oxygen atoms in total. The van der Waals surface area contributed by atoms with Gasteiger partial charge in [-0.1, -0.05) is 27.7 Å². The zero-order valence-electron chi connectivity index (χ0n) is 12.6. The van der Waals surface area contributed by atoms with Gasteiger partial charge < -0.3 is 10.4 Å². The molecule has 0 bridgehead atoms. The molecule has 2 unspecified atom stereocenters. The third-order valence-electron chi connectivity index (χ3n) is 4.67. The third kappa shape index (κ3) is 3.96. The van der Waals surface area contributed by atoms with Gasteiger partial charge in [0.1, 0.15) is 0 Å². The Labute approximate surface area is 113 Å². The zero-order chi connectivity index (χ0) is 13.4. The van der Waals surface area contributed by atoms with Crippen molar-refractivity contribution < 1.29 is 5.11 Å². The van der Waals surface area contributed by atoms with E-state index in [9.17, 15) is 5.11 Å². The fourth-order valence-corrected chi connectivity index (χ4v) is 4.61. The number of aliphatic hydroxyl groups excluding tert-OH is 1. The maximum Gasteiger partial charge on any atom is 0.0555 e. The van der Waals surface area contributed by atoms with Crippen LogP contribution in [0.4, 0.5) is 0 Å². The standard InChI is InChI=1S/C16H31NO/c1-15(2)9-13(10-16(3,4)11-15)17-12-6-5-7-14(18)8-12/h12-14,17-18H,5-11H2,1-4H3. The van der Waals surface area contributed by atoms with E-state index in [4.69, 9.17) is 0 Å². The highest BCUT2D eigenvalue weighted by molar-refractivity contribution is 4.94. The van der Waals surface area contributed by atoms with Gasteiger partial charge in [-0.25, -0.2) is 0 Å². The van der Waals surface area contributed by atoms with Crippen LogP contribution < -0.4 is 5.32 Å². The topological polar surface area (TPSA) is 32.3 Å². The van der Waals surface area contributed by atoms with Crippen molar-refractivity contribution in [2.45, 2.75) is 90.8 Å². The molecule has 2 N–H and O–H groups in total. The molecule has 0 aromatic heterocycles. The van der Waals surface area contributed by atoms with Gasteiger partial charge in [0.25, 0.3) is 0 Å². The molecule has 2 aliphatic rings. The number of hydrogen-bond donors (Lipinski definition) is 2. The first-order chi connectivity index (χ1) is 8.26. The summed E-state index contributed by atoms with van der Waals surface area (Å²) in [7, 11) is 0. The van der Waals surface area contributed by atoms with Crippen LogP contribution in [0, 0.1) is 10.8 Å². The molecule has 2 rings (SSSR count). The molecule has 2 fully saturated rings. The summed E-state index contributed by atoms with van der Waals surface area (Å²) in [5, 5.41) is 13.6. The monoisotopic (exact) mass is 253 g/mol. The van der Waals surface area contributed by atoms with E-state index in [1.54, 1.807) is 0 Å². The Morgan fingerprint density at radius 3 is 2.11 bits per heavy atom. The lowest BCUT2D eigenvalue weighted by molar-refractivity contribution is 0.0639. The lowest BCUT2D eigenvalue weighted by Gasteiger charge is -2.46. The van der Waals surface area contributed by atoms with Crippen LogP contribution in [0.25, 0.3) is 0 Å². The van der Waals surface area contributed by atoms with Crippen molar-refractivity contribution in [2.75, 3.05) is 0 Å². The Bertz CT molecular complexity index is 269. The van der Waals surface area contributed by atoms with Crippen LogP contribution in [0.5, 0.6) is 0 Å². The molecule has 0 aromatic carbocycles. The molecule has 18 heavy (non-hydrogen) atoms. The minimum atomic E-state index is -0.0686. The van der Waals surface area contributed by atoms with E-state index in [2.05, 4.69) is 33.0 Å². The van der Waals surface area contributed by atoms with Crippen LogP contribution >= 0.6 is 0 Å². The molecule has 2 aliphatic carbocycles. The van der Waals surface area contributed by atoms with Crippen molar-refractivity contribution in [3.8, 4) is 0 Å². The Hall–Kier alpha value is -0.0800. The first-order valence-corrected chi connectivity index (χ1v) is 7.70. The van der Waals surface area contributed by atoms with Crippen molar-refractivity contribution in [3.63, 3.8) is 0 Å². The van der Waals surface area contributed by atoms with Gasteiger partial charge in [-0.15, -0.1) is 0 Å². The molecular weight excluding hydrogens is 222 g/mol. The number of aliphatic hydroxyl groups is 1. The summed E-state index contributed by atoms with van der Waals surface area (Å²) < 4.78 is 0. The Kier molecular flexibility index (Phi) is 4.08. The summed E-state index contributed by atoms with van der Waals surface area (Å²) in [6.07, 6.45) is 8.20. The molecule has 0 heterocycles. The second kappa shape index (κ2) is 5.13. The van der Waals surface area contributed by atoms with Crippen LogP contribution in [-0.2, 0) is 0 Å². The lowest BCUT2D eigenvalue weighted by atomic mass is 9.63. The summed E-state index contributed by atoms with van der Waals surface area (Å²) >= 11 is 0. The highest BCUT2D eigenvalue weighted by Crippen LogP contribution is 2.45. The largest absolute Gasteiger partial charge is 0.393 e. The Balaban J connectivity index is 1.92. The highest BCUT2D eigenvalue weighted by atomic mass is 16.3. The second-order valence-electron chi connectivity index (χ2n) is 8.29. The fraction of sp³-hybridized carbons (Fsp3) is 1.00. The van der Waals surface area contributed by atoms with E-state index in [0.29, 0.717) is 22.9 Å². The lowest BCUT2D eigenvalue weighted by Crippen LogP contribution is -2.49. The van der Waals surface area contributed by atoms with Crippen molar-refractivity contribution in [2.24, 2.45) is 10.8 Å². The molecule has 0 aliphatic heterocycles. The van der Waals surface area contributed by atoms with Crippen molar-refractivity contribution in [1.29, 1.82) is 0 Å². The van der Waals surface area contributed by atoms with Crippen LogP contribution in [0.2, 0.25) is 0 Å². The summed E-state index contributed by atoms with van der Waals surface area (Å²) in [6, 6.07) is 1.18. The van der Waals surface area contributed by atoms with E-state index in [0.717, 1.165) is 12.8 Å². The van der Waals surface area contributed by atoms with Gasteiger partial charge in [0, 0.05) is 12.1 Å². The summed E-state index contributed by atoms with van der Waals surface area (Å²) in [4.78, 5) is 0. The minimum Gasteiger partial charge on any atom is -0.393 e. The maximum atomic E-state index is 9.77. The average Bonchev–Trinajstić information content (AvgIpc) is 2.11. The summed E-state index contributed by atoms with van der Waals surface area (Å²) in [5.74, 6) is 0. The van der Waals surface area contributed by atoms with E-state index in [-0.39, 0.29) is 6.10 Å². The third-order valence-corrected chi connectivity index (χ3v) is 4.67. The zero-order valence-corrected chi connectivity index (χ0v) is 12.6. The minimum absolute atomic E-state index is 0.0686. The normalized spacial score (nSPS) is 36.5. The van der Waals surface area contributed by atoms with Gasteiger partial charge in [0.05, 0.1) is 6.10 Å². The smallest absolute Gasteiger partial charge is 0.0555 e. The SMILES string of the molecule is CC1(C)CC(NC2CCCC(O)C2)CC(C)(C)C1. The first kappa shape index (κ1) is 14.3. The molecular formula is C16H31NO. The van der Waals surface area contributed by atoms with E-state index < -0.39 is 0 Å². The molecule has 0 amide bonds. The average molecular weight is 253 g/mol. The van der Waals surface area contributed by atoms with Gasteiger partial charge in [0.15, 0.2) is 0 Å². The fourth-order valence-electron chi connectivity index (χ4n) is 4.61. The molecule has 106 valence electrons. The van der Waals surface area contributed by atoms with E-state index in [1.165, 1.54) is 32.1 Å². The predicted octanol–water partition coefficient (Wildman–Crippen LogP) is 3.48. The van der Waals surface area contributed by atoms with Gasteiger partial charge >= 0.3 is 0 Å². The Morgan fingerprint density at radius 2 is 1.56 bits per heavy atom. The van der Waals surface area contributed by atoms with Crippen LogP contribution in [0.1, 0.15) is 72.6 Å². The first-order valence-electron chi connectivity index (χ1n) is 7.70. The van der Waals surface area contributed by atoms with E-state index in [1.807, 2.05) is 0 Å². The number of hydrogen-bond acceptors (Lipinski definition) is 2. The van der Waals surface area contributed by atoms with E-state index >= 15 is 0 Å². The van der Waals surface area contributed by atoms with Gasteiger partial charge in [-0.3, -0.25) is 0 Å². The molecule has 0 radical (unpaired) electrons. The van der Waals surface area contributed by atoms with Crippen LogP contribution in [0.3, 0.4) is 0 Å². The number of rotatable bonds is 2. The summed E-state index contributed by atoms with van der Waals surface area (Å²) in [5.41, 5.74) is 0.902. The van der Waals surface area contributed by atoms with Gasteiger partial charge in [-0.2, -0.15) is 0 Å². The molecule has 2 atom stereocenters. The molecule has 0 saturated heterocycles. The van der Waals surface area contributed by atoms with Crippen LogP contribution in [0.15, 0.2) is 0 Å². The van der Waals surface area contributed by atoms with Gasteiger partial charge in [-0.05, 0) is 55.8 Å². The Morgan fingerprint density at radius 1 is 0.944 bits per heavy atom. The molecule has 0 spiro atoms. The van der Waals surface area contributed by atoms with Crippen molar-refractivity contribution in [1.82, 2.24) is 5.32 Å².